The molecule has 0 aromatic rings. The molecule has 15 heavy (non-hydrogen) atoms. The van der Waals surface area contributed by atoms with Crippen LogP contribution in [0.4, 0.5) is 0 Å². The average Bonchev–Trinajstić information content (AvgIpc) is 2.19. The smallest absolute Gasteiger partial charge is 0.251 e. The van der Waals surface area contributed by atoms with Crippen molar-refractivity contribution in [3.05, 3.63) is 0 Å². The van der Waals surface area contributed by atoms with Crippen molar-refractivity contribution in [2.24, 2.45) is 0 Å². The second-order valence-corrected chi connectivity index (χ2v) is 3.62. The van der Waals surface area contributed by atoms with Gasteiger partial charge in [0.1, 0.15) is 6.10 Å². The van der Waals surface area contributed by atoms with Gasteiger partial charge in [-0.2, -0.15) is 0 Å². The molecule has 0 N–H and O–H groups in total. The maximum atomic E-state index is 11.7. The van der Waals surface area contributed by atoms with Crippen LogP contribution in [-0.4, -0.2) is 62.5 Å². The van der Waals surface area contributed by atoms with Gasteiger partial charge in [0, 0.05) is 28.3 Å². The molecule has 0 bridgehead atoms. The van der Waals surface area contributed by atoms with E-state index in [1.165, 1.54) is 16.9 Å². The zero-order chi connectivity index (χ0) is 12.0. The predicted octanol–water partition coefficient (Wildman–Crippen LogP) is -0.0420. The van der Waals surface area contributed by atoms with E-state index in [0.717, 1.165) is 0 Å². The lowest BCUT2D eigenvalue weighted by Crippen LogP contribution is -2.42. The van der Waals surface area contributed by atoms with E-state index < -0.39 is 6.10 Å². The van der Waals surface area contributed by atoms with Crippen LogP contribution in [0.2, 0.25) is 0 Å². The summed E-state index contributed by atoms with van der Waals surface area (Å²) in [6.45, 7) is 1.96. The fraction of sp³-hybridized carbons (Fsp3) is 0.800. The molecule has 0 spiro atoms. The van der Waals surface area contributed by atoms with Crippen LogP contribution in [0.3, 0.4) is 0 Å². The highest BCUT2D eigenvalue weighted by molar-refractivity contribution is 5.86. The number of ether oxygens (including phenoxy) is 1. The Morgan fingerprint density at radius 3 is 2.13 bits per heavy atom. The second kappa shape index (κ2) is 6.40. The summed E-state index contributed by atoms with van der Waals surface area (Å²) < 4.78 is 5.01. The minimum atomic E-state index is -0.454. The van der Waals surface area contributed by atoms with Gasteiger partial charge in [-0.15, -0.1) is 0 Å². The van der Waals surface area contributed by atoms with Gasteiger partial charge in [0.05, 0.1) is 6.54 Å². The zero-order valence-electron chi connectivity index (χ0n) is 10.1. The highest BCUT2D eigenvalue weighted by Gasteiger charge is 2.21. The van der Waals surface area contributed by atoms with E-state index >= 15 is 0 Å². The third kappa shape index (κ3) is 4.29. The second-order valence-electron chi connectivity index (χ2n) is 3.62. The van der Waals surface area contributed by atoms with Crippen molar-refractivity contribution in [3.8, 4) is 0 Å². The van der Waals surface area contributed by atoms with Gasteiger partial charge in [-0.1, -0.05) is 6.92 Å². The normalized spacial score (nSPS) is 12.1. The van der Waals surface area contributed by atoms with E-state index in [0.29, 0.717) is 6.42 Å². The molecular weight excluding hydrogens is 196 g/mol. The van der Waals surface area contributed by atoms with Crippen LogP contribution in [0.25, 0.3) is 0 Å². The first-order valence-electron chi connectivity index (χ1n) is 4.91. The van der Waals surface area contributed by atoms with Gasteiger partial charge < -0.3 is 14.5 Å². The van der Waals surface area contributed by atoms with Gasteiger partial charge in [0.15, 0.2) is 0 Å². The van der Waals surface area contributed by atoms with Crippen molar-refractivity contribution in [1.82, 2.24) is 9.80 Å². The standard InChI is InChI=1S/C10H20N2O3/c1-6-8(15-5)10(14)12(4)7-9(13)11(2)3/h8H,6-7H2,1-5H3/t8-/m0/s1. The summed E-state index contributed by atoms with van der Waals surface area (Å²) in [5.41, 5.74) is 0. The first-order valence-corrected chi connectivity index (χ1v) is 4.91. The maximum Gasteiger partial charge on any atom is 0.251 e. The highest BCUT2D eigenvalue weighted by atomic mass is 16.5. The molecule has 0 fully saturated rings. The van der Waals surface area contributed by atoms with Gasteiger partial charge in [0.2, 0.25) is 5.91 Å². The first kappa shape index (κ1) is 13.9. The van der Waals surface area contributed by atoms with Crippen LogP contribution in [-0.2, 0) is 14.3 Å². The molecule has 88 valence electrons. The molecule has 0 aliphatic heterocycles. The van der Waals surface area contributed by atoms with Crippen molar-refractivity contribution < 1.29 is 14.3 Å². The van der Waals surface area contributed by atoms with E-state index in [2.05, 4.69) is 0 Å². The monoisotopic (exact) mass is 216 g/mol. The molecule has 5 heteroatoms. The number of likely N-dealkylation sites (N-methyl/N-ethyl adjacent to an activating group) is 2. The summed E-state index contributed by atoms with van der Waals surface area (Å²) in [4.78, 5) is 25.9. The molecule has 2 amide bonds. The quantitative estimate of drug-likeness (QED) is 0.648. The molecule has 0 saturated heterocycles. The summed E-state index contributed by atoms with van der Waals surface area (Å²) in [6, 6.07) is 0. The summed E-state index contributed by atoms with van der Waals surface area (Å²) in [7, 11) is 6.42. The van der Waals surface area contributed by atoms with Crippen molar-refractivity contribution in [2.45, 2.75) is 19.4 Å². The lowest BCUT2D eigenvalue weighted by molar-refractivity contribution is -0.145. The average molecular weight is 216 g/mol. The largest absolute Gasteiger partial charge is 0.372 e. The minimum absolute atomic E-state index is 0.0890. The summed E-state index contributed by atoms with van der Waals surface area (Å²) >= 11 is 0. The van der Waals surface area contributed by atoms with Gasteiger partial charge in [-0.3, -0.25) is 9.59 Å². The van der Waals surface area contributed by atoms with E-state index in [1.807, 2.05) is 6.92 Å². The van der Waals surface area contributed by atoms with Gasteiger partial charge in [-0.25, -0.2) is 0 Å². The lowest BCUT2D eigenvalue weighted by Gasteiger charge is -2.22. The number of carbonyl (C=O) groups excluding carboxylic acids is 2. The van der Waals surface area contributed by atoms with Crippen molar-refractivity contribution >= 4 is 11.8 Å². The van der Waals surface area contributed by atoms with E-state index in [-0.39, 0.29) is 18.4 Å². The number of rotatable bonds is 5. The fourth-order valence-corrected chi connectivity index (χ4v) is 1.11. The molecule has 0 saturated carbocycles. The van der Waals surface area contributed by atoms with Crippen LogP contribution in [0.1, 0.15) is 13.3 Å². The maximum absolute atomic E-state index is 11.7. The van der Waals surface area contributed by atoms with Crippen molar-refractivity contribution in [3.63, 3.8) is 0 Å². The zero-order valence-corrected chi connectivity index (χ0v) is 10.1. The highest BCUT2D eigenvalue weighted by Crippen LogP contribution is 2.01. The Bertz CT molecular complexity index is 225. The Balaban J connectivity index is 4.26. The van der Waals surface area contributed by atoms with Crippen molar-refractivity contribution in [2.75, 3.05) is 34.8 Å². The number of carbonyl (C=O) groups is 2. The number of amides is 2. The van der Waals surface area contributed by atoms with Crippen molar-refractivity contribution in [1.29, 1.82) is 0 Å². The molecular formula is C10H20N2O3. The minimum Gasteiger partial charge on any atom is -0.372 e. The van der Waals surface area contributed by atoms with Crippen LogP contribution in [0.15, 0.2) is 0 Å². The molecule has 0 aliphatic carbocycles. The Labute approximate surface area is 91.0 Å². The van der Waals surface area contributed by atoms with Gasteiger partial charge >= 0.3 is 0 Å². The van der Waals surface area contributed by atoms with Crippen LogP contribution in [0, 0.1) is 0 Å². The topological polar surface area (TPSA) is 49.9 Å². The predicted molar refractivity (Wildman–Crippen MR) is 57.4 cm³/mol. The Morgan fingerprint density at radius 2 is 1.80 bits per heavy atom. The molecule has 0 aromatic heterocycles. The third-order valence-electron chi connectivity index (χ3n) is 2.18. The van der Waals surface area contributed by atoms with E-state index in [1.54, 1.807) is 21.1 Å². The number of hydrogen-bond acceptors (Lipinski definition) is 3. The number of methoxy groups -OCH3 is 1. The van der Waals surface area contributed by atoms with E-state index in [4.69, 9.17) is 4.74 Å². The Kier molecular flexibility index (Phi) is 5.93. The fourth-order valence-electron chi connectivity index (χ4n) is 1.11. The molecule has 0 aromatic carbocycles. The molecule has 0 rings (SSSR count). The van der Waals surface area contributed by atoms with Crippen LogP contribution >= 0.6 is 0 Å². The number of hydrogen-bond donors (Lipinski definition) is 0. The first-order chi connectivity index (χ1) is 6.93. The third-order valence-corrected chi connectivity index (χ3v) is 2.18. The molecule has 0 unspecified atom stereocenters. The summed E-state index contributed by atoms with van der Waals surface area (Å²) in [5.74, 6) is -0.257. The molecule has 0 heterocycles. The Hall–Kier alpha value is -1.10. The molecule has 0 radical (unpaired) electrons. The SMILES string of the molecule is CC[C@H](OC)C(=O)N(C)CC(=O)N(C)C. The number of nitrogens with zero attached hydrogens (tertiary/aromatic N) is 2. The Morgan fingerprint density at radius 1 is 1.27 bits per heavy atom. The molecule has 5 nitrogen and oxygen atoms in total. The van der Waals surface area contributed by atoms with Crippen LogP contribution in [0.5, 0.6) is 0 Å². The lowest BCUT2D eigenvalue weighted by atomic mass is 10.2. The summed E-state index contributed by atoms with van der Waals surface area (Å²) in [6.07, 6.45) is 0.153. The van der Waals surface area contributed by atoms with Gasteiger partial charge in [0.25, 0.3) is 5.91 Å². The van der Waals surface area contributed by atoms with E-state index in [9.17, 15) is 9.59 Å². The molecule has 0 aliphatic rings. The van der Waals surface area contributed by atoms with Gasteiger partial charge in [-0.05, 0) is 6.42 Å². The summed E-state index contributed by atoms with van der Waals surface area (Å²) in [5, 5.41) is 0. The molecule has 1 atom stereocenters. The van der Waals surface area contributed by atoms with Crippen LogP contribution < -0.4 is 0 Å².